The first-order valence-electron chi connectivity index (χ1n) is 9.89. The van der Waals surface area contributed by atoms with Gasteiger partial charge in [0.15, 0.2) is 17.3 Å². The molecular formula is C23H17FN6O. The number of pyridine rings is 1. The minimum Gasteiger partial charge on any atom is -0.493 e. The number of nitrogens with zero attached hydrogens (tertiary/aromatic N) is 5. The van der Waals surface area contributed by atoms with Crippen LogP contribution < -0.4 is 10.5 Å². The number of imidazole rings is 1. The first-order valence-corrected chi connectivity index (χ1v) is 9.89. The number of halogens is 1. The highest BCUT2D eigenvalue weighted by molar-refractivity contribution is 5.84. The summed E-state index contributed by atoms with van der Waals surface area (Å²) in [7, 11) is 0. The molecule has 0 fully saturated rings. The smallest absolute Gasteiger partial charge is 0.167 e. The fourth-order valence-electron chi connectivity index (χ4n) is 3.96. The topological polar surface area (TPSA) is 83.8 Å². The Hall–Kier alpha value is -4.20. The van der Waals surface area contributed by atoms with Crippen LogP contribution in [0.1, 0.15) is 5.56 Å². The van der Waals surface area contributed by atoms with Crippen molar-refractivity contribution in [1.29, 1.82) is 0 Å². The molecule has 0 saturated carbocycles. The number of ether oxygens (including phenoxy) is 1. The van der Waals surface area contributed by atoms with E-state index >= 15 is 0 Å². The molecule has 0 saturated heterocycles. The molecule has 2 aromatic carbocycles. The zero-order valence-electron chi connectivity index (χ0n) is 16.4. The number of nitrogen functional groups attached to an aromatic ring is 1. The lowest BCUT2D eigenvalue weighted by Crippen LogP contribution is -2.04. The third-order valence-corrected chi connectivity index (χ3v) is 5.44. The van der Waals surface area contributed by atoms with Gasteiger partial charge in [-0.2, -0.15) is 5.10 Å². The number of rotatable bonds is 3. The highest BCUT2D eigenvalue weighted by atomic mass is 19.1. The molecule has 0 unspecified atom stereocenters. The van der Waals surface area contributed by atoms with Crippen LogP contribution in [-0.4, -0.2) is 30.9 Å². The summed E-state index contributed by atoms with van der Waals surface area (Å²) < 4.78 is 24.1. The number of anilines is 1. The quantitative estimate of drug-likeness (QED) is 0.454. The number of benzene rings is 2. The van der Waals surface area contributed by atoms with Gasteiger partial charge in [-0.1, -0.05) is 12.1 Å². The molecule has 0 bridgehead atoms. The van der Waals surface area contributed by atoms with Gasteiger partial charge in [0.2, 0.25) is 0 Å². The molecule has 31 heavy (non-hydrogen) atoms. The molecule has 1 aliphatic heterocycles. The summed E-state index contributed by atoms with van der Waals surface area (Å²) >= 11 is 0. The summed E-state index contributed by atoms with van der Waals surface area (Å²) in [6.45, 7) is 0.651. The normalized spacial score (nSPS) is 12.8. The summed E-state index contributed by atoms with van der Waals surface area (Å²) in [5.74, 6) is 1.38. The molecule has 5 aromatic rings. The summed E-state index contributed by atoms with van der Waals surface area (Å²) in [5, 5.41) is 4.26. The van der Waals surface area contributed by atoms with Gasteiger partial charge in [0.1, 0.15) is 17.1 Å². The van der Waals surface area contributed by atoms with Crippen LogP contribution in [0.2, 0.25) is 0 Å². The lowest BCUT2D eigenvalue weighted by atomic mass is 10.1. The molecular weight excluding hydrogens is 395 g/mol. The second-order valence-corrected chi connectivity index (χ2v) is 7.33. The van der Waals surface area contributed by atoms with E-state index < -0.39 is 5.82 Å². The predicted octanol–water partition coefficient (Wildman–Crippen LogP) is 3.93. The molecule has 8 heteroatoms. The largest absolute Gasteiger partial charge is 0.493 e. The lowest BCUT2D eigenvalue weighted by molar-refractivity contribution is 0.356. The molecule has 6 rings (SSSR count). The van der Waals surface area contributed by atoms with Gasteiger partial charge in [0.25, 0.3) is 0 Å². The van der Waals surface area contributed by atoms with Crippen LogP contribution in [0, 0.1) is 5.82 Å². The molecule has 0 amide bonds. The van der Waals surface area contributed by atoms with Crippen LogP contribution in [0.3, 0.4) is 0 Å². The van der Waals surface area contributed by atoms with Crippen molar-refractivity contribution in [2.75, 3.05) is 12.3 Å². The van der Waals surface area contributed by atoms with E-state index in [2.05, 4.69) is 5.10 Å². The molecule has 0 aliphatic carbocycles. The van der Waals surface area contributed by atoms with Crippen LogP contribution in [-0.2, 0) is 6.42 Å². The molecule has 1 aliphatic rings. The molecule has 152 valence electrons. The third-order valence-electron chi connectivity index (χ3n) is 5.44. The van der Waals surface area contributed by atoms with E-state index in [0.717, 1.165) is 23.4 Å². The Morgan fingerprint density at radius 1 is 1.03 bits per heavy atom. The van der Waals surface area contributed by atoms with Crippen molar-refractivity contribution in [2.24, 2.45) is 0 Å². The highest BCUT2D eigenvalue weighted by Crippen LogP contribution is 2.35. The van der Waals surface area contributed by atoms with E-state index in [0.29, 0.717) is 35.1 Å². The fraction of sp³-hybridized carbons (Fsp3) is 0.0870. The van der Waals surface area contributed by atoms with Crippen LogP contribution >= 0.6 is 0 Å². The van der Waals surface area contributed by atoms with Gasteiger partial charge in [-0.15, -0.1) is 0 Å². The van der Waals surface area contributed by atoms with Gasteiger partial charge in [0.05, 0.1) is 17.9 Å². The minimum atomic E-state index is -0.443. The van der Waals surface area contributed by atoms with Crippen molar-refractivity contribution in [1.82, 2.24) is 24.3 Å². The maximum atomic E-state index is 14.9. The molecule has 0 radical (unpaired) electrons. The monoisotopic (exact) mass is 412 g/mol. The molecule has 4 heterocycles. The summed E-state index contributed by atoms with van der Waals surface area (Å²) in [6, 6.07) is 16.1. The summed E-state index contributed by atoms with van der Waals surface area (Å²) in [4.78, 5) is 9.50. The highest BCUT2D eigenvalue weighted by Gasteiger charge is 2.22. The average molecular weight is 412 g/mol. The van der Waals surface area contributed by atoms with E-state index in [1.807, 2.05) is 47.2 Å². The van der Waals surface area contributed by atoms with E-state index in [4.69, 9.17) is 20.4 Å². The Morgan fingerprint density at radius 3 is 2.81 bits per heavy atom. The Kier molecular flexibility index (Phi) is 3.79. The predicted molar refractivity (Wildman–Crippen MR) is 115 cm³/mol. The van der Waals surface area contributed by atoms with Crippen LogP contribution in [0.4, 0.5) is 10.1 Å². The molecule has 0 atom stereocenters. The van der Waals surface area contributed by atoms with Gasteiger partial charge < -0.3 is 10.5 Å². The minimum absolute atomic E-state index is 0.238. The second kappa shape index (κ2) is 6.66. The Labute approximate surface area is 176 Å². The van der Waals surface area contributed by atoms with Crippen LogP contribution in [0.5, 0.6) is 5.75 Å². The van der Waals surface area contributed by atoms with Crippen LogP contribution in [0.25, 0.3) is 34.1 Å². The number of hydrogen-bond donors (Lipinski definition) is 1. The first-order chi connectivity index (χ1) is 15.2. The van der Waals surface area contributed by atoms with Crippen molar-refractivity contribution in [3.63, 3.8) is 0 Å². The molecule has 2 N–H and O–H groups in total. The van der Waals surface area contributed by atoms with Crippen molar-refractivity contribution in [3.05, 3.63) is 78.4 Å². The SMILES string of the molecule is Nc1cccc(F)c1-c1nc2ccc(-n3cccn3)nc2n1-c1ccc2c(c1)OCC2. The van der Waals surface area contributed by atoms with Gasteiger partial charge in [-0.05, 0) is 42.0 Å². The van der Waals surface area contributed by atoms with E-state index in [-0.39, 0.29) is 5.56 Å². The van der Waals surface area contributed by atoms with Crippen LogP contribution in [0.15, 0.2) is 67.0 Å². The Morgan fingerprint density at radius 2 is 1.97 bits per heavy atom. The van der Waals surface area contributed by atoms with Crippen molar-refractivity contribution >= 4 is 16.9 Å². The van der Waals surface area contributed by atoms with Crippen molar-refractivity contribution in [2.45, 2.75) is 6.42 Å². The number of nitrogens with two attached hydrogens (primary N) is 1. The van der Waals surface area contributed by atoms with Gasteiger partial charge in [0, 0.05) is 30.6 Å². The molecule has 0 spiro atoms. The zero-order valence-corrected chi connectivity index (χ0v) is 16.4. The van der Waals surface area contributed by atoms with Gasteiger partial charge >= 0.3 is 0 Å². The molecule has 3 aromatic heterocycles. The second-order valence-electron chi connectivity index (χ2n) is 7.33. The van der Waals surface area contributed by atoms with Crippen molar-refractivity contribution in [3.8, 4) is 28.6 Å². The third kappa shape index (κ3) is 2.76. The number of fused-ring (bicyclic) bond motifs is 2. The fourth-order valence-corrected chi connectivity index (χ4v) is 3.96. The standard InChI is InChI=1S/C23H17FN6O/c24-16-3-1-4-17(25)21(16)23-27-18-7-8-20(29-11-2-10-26-29)28-22(18)30(23)15-6-5-14-9-12-31-19(14)13-15/h1-8,10-11,13H,9,12,25H2. The summed E-state index contributed by atoms with van der Waals surface area (Å²) in [6.07, 6.45) is 4.37. The first kappa shape index (κ1) is 17.6. The van der Waals surface area contributed by atoms with E-state index in [1.165, 1.54) is 6.07 Å². The Balaban J connectivity index is 1.67. The number of aromatic nitrogens is 5. The van der Waals surface area contributed by atoms with E-state index in [1.54, 1.807) is 23.0 Å². The Bertz CT molecular complexity index is 1420. The van der Waals surface area contributed by atoms with E-state index in [9.17, 15) is 4.39 Å². The van der Waals surface area contributed by atoms with Gasteiger partial charge in [-0.25, -0.2) is 19.0 Å². The maximum Gasteiger partial charge on any atom is 0.167 e. The zero-order chi connectivity index (χ0) is 20.9. The summed E-state index contributed by atoms with van der Waals surface area (Å²) in [5.41, 5.74) is 9.82. The lowest BCUT2D eigenvalue weighted by Gasteiger charge is -2.12. The number of hydrogen-bond acceptors (Lipinski definition) is 5. The van der Waals surface area contributed by atoms with Crippen molar-refractivity contribution < 1.29 is 9.13 Å². The maximum absolute atomic E-state index is 14.9. The molecule has 7 nitrogen and oxygen atoms in total. The van der Waals surface area contributed by atoms with Gasteiger partial charge in [-0.3, -0.25) is 4.57 Å². The average Bonchev–Trinajstić information content (AvgIpc) is 3.52.